The van der Waals surface area contributed by atoms with E-state index in [4.69, 9.17) is 0 Å². The third-order valence-electron chi connectivity index (χ3n) is 4.53. The minimum absolute atomic E-state index is 0.0391. The second-order valence-corrected chi connectivity index (χ2v) is 5.74. The van der Waals surface area contributed by atoms with E-state index >= 15 is 0 Å². The van der Waals surface area contributed by atoms with Crippen molar-refractivity contribution in [3.8, 4) is 6.07 Å². The molecule has 0 spiro atoms. The van der Waals surface area contributed by atoms with Crippen molar-refractivity contribution >= 4 is 11.4 Å². The second-order valence-electron chi connectivity index (χ2n) is 5.74. The molecule has 0 aromatic heterocycles. The zero-order chi connectivity index (χ0) is 14.8. The number of hydrogen-bond donors (Lipinski definition) is 1. The summed E-state index contributed by atoms with van der Waals surface area (Å²) in [4.78, 5) is 12.8. The standard InChI is InChI=1S/C15H18N4O2/c16-10-11-9-12(19(20)21)4-5-13(11)17-14-6-8-18-7-2-1-3-15(14)18/h4-5,9,14-15,17H,1-3,6-8H2. The predicted molar refractivity (Wildman–Crippen MR) is 79.1 cm³/mol. The van der Waals surface area contributed by atoms with Crippen molar-refractivity contribution in [1.29, 1.82) is 5.26 Å². The van der Waals surface area contributed by atoms with E-state index in [-0.39, 0.29) is 5.69 Å². The maximum absolute atomic E-state index is 10.8. The summed E-state index contributed by atoms with van der Waals surface area (Å²) in [6, 6.07) is 7.37. The molecule has 0 amide bonds. The Hall–Kier alpha value is -2.13. The van der Waals surface area contributed by atoms with Gasteiger partial charge in [-0.2, -0.15) is 5.26 Å². The lowest BCUT2D eigenvalue weighted by atomic mass is 9.98. The number of fused-ring (bicyclic) bond motifs is 1. The van der Waals surface area contributed by atoms with Gasteiger partial charge in [0.1, 0.15) is 6.07 Å². The highest BCUT2D eigenvalue weighted by Gasteiger charge is 2.35. The Balaban J connectivity index is 1.79. The molecule has 1 aromatic carbocycles. The quantitative estimate of drug-likeness (QED) is 0.682. The van der Waals surface area contributed by atoms with Gasteiger partial charge in [0.25, 0.3) is 5.69 Å². The molecule has 2 aliphatic rings. The summed E-state index contributed by atoms with van der Waals surface area (Å²) in [5.41, 5.74) is 1.02. The van der Waals surface area contributed by atoms with Crippen LogP contribution < -0.4 is 5.32 Å². The third kappa shape index (κ3) is 2.69. The number of nitro groups is 1. The van der Waals surface area contributed by atoms with Gasteiger partial charge in [-0.05, 0) is 31.9 Å². The van der Waals surface area contributed by atoms with Gasteiger partial charge in [-0.3, -0.25) is 15.0 Å². The lowest BCUT2D eigenvalue weighted by Gasteiger charge is -2.33. The topological polar surface area (TPSA) is 82.2 Å². The Morgan fingerprint density at radius 2 is 2.19 bits per heavy atom. The molecule has 0 saturated carbocycles. The number of nitro benzene ring substituents is 1. The molecule has 2 unspecified atom stereocenters. The Bertz CT molecular complexity index is 596. The summed E-state index contributed by atoms with van der Waals surface area (Å²) in [7, 11) is 0. The molecule has 110 valence electrons. The minimum atomic E-state index is -0.469. The Kier molecular flexibility index (Phi) is 3.76. The molecule has 0 radical (unpaired) electrons. The Morgan fingerprint density at radius 3 is 2.95 bits per heavy atom. The van der Waals surface area contributed by atoms with Gasteiger partial charge < -0.3 is 5.32 Å². The number of hydrogen-bond acceptors (Lipinski definition) is 5. The summed E-state index contributed by atoms with van der Waals surface area (Å²) in [6.07, 6.45) is 4.77. The summed E-state index contributed by atoms with van der Waals surface area (Å²) in [5.74, 6) is 0. The van der Waals surface area contributed by atoms with Crippen LogP contribution in [0.1, 0.15) is 31.2 Å². The van der Waals surface area contributed by atoms with Crippen LogP contribution in [-0.2, 0) is 0 Å². The van der Waals surface area contributed by atoms with Crippen molar-refractivity contribution < 1.29 is 4.92 Å². The van der Waals surface area contributed by atoms with Gasteiger partial charge in [0, 0.05) is 30.8 Å². The molecule has 21 heavy (non-hydrogen) atoms. The van der Waals surface area contributed by atoms with E-state index in [0.717, 1.165) is 19.5 Å². The molecule has 2 fully saturated rings. The average Bonchev–Trinajstić information content (AvgIpc) is 2.91. The number of nitriles is 1. The van der Waals surface area contributed by atoms with E-state index in [1.54, 1.807) is 6.07 Å². The molecule has 0 bridgehead atoms. The van der Waals surface area contributed by atoms with E-state index in [0.29, 0.717) is 23.3 Å². The van der Waals surface area contributed by atoms with Gasteiger partial charge in [0.15, 0.2) is 0 Å². The smallest absolute Gasteiger partial charge is 0.270 e. The molecule has 1 N–H and O–H groups in total. The minimum Gasteiger partial charge on any atom is -0.380 e. The lowest BCUT2D eigenvalue weighted by Crippen LogP contribution is -2.41. The number of piperidine rings is 1. The molecule has 2 aliphatic heterocycles. The highest BCUT2D eigenvalue weighted by molar-refractivity contribution is 5.62. The van der Waals surface area contributed by atoms with Crippen molar-refractivity contribution in [2.45, 2.75) is 37.8 Å². The monoisotopic (exact) mass is 286 g/mol. The zero-order valence-corrected chi connectivity index (χ0v) is 11.8. The van der Waals surface area contributed by atoms with Crippen LogP contribution in [0.4, 0.5) is 11.4 Å². The third-order valence-corrected chi connectivity index (χ3v) is 4.53. The van der Waals surface area contributed by atoms with Crippen LogP contribution >= 0.6 is 0 Å². The number of benzene rings is 1. The largest absolute Gasteiger partial charge is 0.380 e. The molecular formula is C15H18N4O2. The first-order valence-corrected chi connectivity index (χ1v) is 7.38. The van der Waals surface area contributed by atoms with Crippen molar-refractivity contribution in [2.24, 2.45) is 0 Å². The molecule has 2 heterocycles. The molecule has 3 rings (SSSR count). The summed E-state index contributed by atoms with van der Waals surface area (Å²) < 4.78 is 0. The van der Waals surface area contributed by atoms with Crippen LogP contribution in [0.2, 0.25) is 0 Å². The van der Waals surface area contributed by atoms with Gasteiger partial charge in [0.2, 0.25) is 0 Å². The predicted octanol–water partition coefficient (Wildman–Crippen LogP) is 2.51. The number of anilines is 1. The molecule has 0 aliphatic carbocycles. The van der Waals surface area contributed by atoms with Crippen molar-refractivity contribution in [3.63, 3.8) is 0 Å². The first-order valence-electron chi connectivity index (χ1n) is 7.38. The Labute approximate surface area is 123 Å². The second kappa shape index (κ2) is 5.70. The van der Waals surface area contributed by atoms with Crippen molar-refractivity contribution in [3.05, 3.63) is 33.9 Å². The first kappa shape index (κ1) is 13.8. The lowest BCUT2D eigenvalue weighted by molar-refractivity contribution is -0.384. The van der Waals surface area contributed by atoms with Crippen LogP contribution in [0.5, 0.6) is 0 Å². The molecule has 6 heteroatoms. The SMILES string of the molecule is N#Cc1cc([N+](=O)[O-])ccc1NC1CCN2CCCCC12. The fraction of sp³-hybridized carbons (Fsp3) is 0.533. The number of nitrogens with zero attached hydrogens (tertiary/aromatic N) is 3. The zero-order valence-electron chi connectivity index (χ0n) is 11.8. The number of nitrogens with one attached hydrogen (secondary N) is 1. The molecule has 6 nitrogen and oxygen atoms in total. The highest BCUT2D eigenvalue weighted by atomic mass is 16.6. The fourth-order valence-corrected chi connectivity index (χ4v) is 3.48. The van der Waals surface area contributed by atoms with E-state index < -0.39 is 4.92 Å². The fourth-order valence-electron chi connectivity index (χ4n) is 3.48. The maximum atomic E-state index is 10.8. The van der Waals surface area contributed by atoms with Gasteiger partial charge in [0.05, 0.1) is 16.2 Å². The molecular weight excluding hydrogens is 268 g/mol. The van der Waals surface area contributed by atoms with E-state index in [9.17, 15) is 15.4 Å². The van der Waals surface area contributed by atoms with Crippen LogP contribution in [0.3, 0.4) is 0 Å². The normalized spacial score (nSPS) is 25.1. The first-order chi connectivity index (χ1) is 10.2. The molecule has 1 aromatic rings. The summed E-state index contributed by atoms with van der Waals surface area (Å²) in [6.45, 7) is 2.26. The van der Waals surface area contributed by atoms with Crippen LogP contribution in [-0.4, -0.2) is 35.0 Å². The van der Waals surface area contributed by atoms with E-state index in [2.05, 4.69) is 16.3 Å². The molecule has 2 saturated heterocycles. The van der Waals surface area contributed by atoms with Gasteiger partial charge in [-0.1, -0.05) is 6.42 Å². The van der Waals surface area contributed by atoms with Crippen LogP contribution in [0.25, 0.3) is 0 Å². The maximum Gasteiger partial charge on any atom is 0.270 e. The average molecular weight is 286 g/mol. The number of non-ortho nitro benzene ring substituents is 1. The van der Waals surface area contributed by atoms with E-state index in [1.807, 2.05) is 0 Å². The highest BCUT2D eigenvalue weighted by Crippen LogP contribution is 2.31. The van der Waals surface area contributed by atoms with Crippen LogP contribution in [0, 0.1) is 21.4 Å². The number of rotatable bonds is 3. The summed E-state index contributed by atoms with van der Waals surface area (Å²) in [5, 5.41) is 23.4. The summed E-state index contributed by atoms with van der Waals surface area (Å²) >= 11 is 0. The van der Waals surface area contributed by atoms with Crippen LogP contribution in [0.15, 0.2) is 18.2 Å². The molecule has 2 atom stereocenters. The van der Waals surface area contributed by atoms with Crippen molar-refractivity contribution in [2.75, 3.05) is 18.4 Å². The van der Waals surface area contributed by atoms with Gasteiger partial charge in [-0.25, -0.2) is 0 Å². The van der Waals surface area contributed by atoms with Gasteiger partial charge in [-0.15, -0.1) is 0 Å². The van der Waals surface area contributed by atoms with E-state index in [1.165, 1.54) is 31.4 Å². The van der Waals surface area contributed by atoms with Gasteiger partial charge >= 0.3 is 0 Å². The Morgan fingerprint density at radius 1 is 1.33 bits per heavy atom. The van der Waals surface area contributed by atoms with Crippen molar-refractivity contribution in [1.82, 2.24) is 4.90 Å².